The molecule has 2 aromatic rings. The highest BCUT2D eigenvalue weighted by molar-refractivity contribution is 5.33. The number of methoxy groups -OCH3 is 1. The third-order valence-corrected chi connectivity index (χ3v) is 2.39. The van der Waals surface area contributed by atoms with Crippen molar-refractivity contribution >= 4 is 0 Å². The second-order valence-corrected chi connectivity index (χ2v) is 3.52. The first-order chi connectivity index (χ1) is 7.83. The second-order valence-electron chi connectivity index (χ2n) is 3.52. The van der Waals surface area contributed by atoms with Crippen LogP contribution in [0.2, 0.25) is 0 Å². The summed E-state index contributed by atoms with van der Waals surface area (Å²) in [4.78, 5) is 0. The zero-order chi connectivity index (χ0) is 11.4. The van der Waals surface area contributed by atoms with Crippen LogP contribution in [-0.2, 0) is 13.2 Å². The predicted molar refractivity (Wildman–Crippen MR) is 60.2 cm³/mol. The number of hydrogen-bond acceptors (Lipinski definition) is 3. The Balaban J connectivity index is 2.19. The van der Waals surface area contributed by atoms with Crippen molar-refractivity contribution in [2.75, 3.05) is 7.11 Å². The Kier molecular flexibility index (Phi) is 3.22. The van der Waals surface area contributed by atoms with Crippen LogP contribution in [0.4, 0.5) is 0 Å². The summed E-state index contributed by atoms with van der Waals surface area (Å²) in [7, 11) is 1.65. The Morgan fingerprint density at radius 2 is 2.19 bits per heavy atom. The zero-order valence-electron chi connectivity index (χ0n) is 9.13. The number of aliphatic hydroxyl groups is 1. The number of benzene rings is 1. The maximum absolute atomic E-state index is 8.94. The van der Waals surface area contributed by atoms with Crippen molar-refractivity contribution < 1.29 is 9.84 Å². The number of rotatable bonds is 4. The summed E-state index contributed by atoms with van der Waals surface area (Å²) in [6.45, 7) is 0.663. The Hall–Kier alpha value is -1.81. The van der Waals surface area contributed by atoms with E-state index in [9.17, 15) is 0 Å². The van der Waals surface area contributed by atoms with Gasteiger partial charge in [0.15, 0.2) is 0 Å². The SMILES string of the molecule is COc1ccccc1Cn1cc(CO)cn1. The van der Waals surface area contributed by atoms with E-state index in [0.717, 1.165) is 16.9 Å². The van der Waals surface area contributed by atoms with Crippen LogP contribution in [-0.4, -0.2) is 22.0 Å². The van der Waals surface area contributed by atoms with Crippen molar-refractivity contribution in [1.82, 2.24) is 9.78 Å². The summed E-state index contributed by atoms with van der Waals surface area (Å²) in [6.07, 6.45) is 3.49. The third-order valence-electron chi connectivity index (χ3n) is 2.39. The molecule has 1 aromatic heterocycles. The van der Waals surface area contributed by atoms with E-state index in [1.165, 1.54) is 0 Å². The summed E-state index contributed by atoms with van der Waals surface area (Å²) in [6, 6.07) is 7.82. The average Bonchev–Trinajstić information content (AvgIpc) is 2.77. The molecule has 1 aromatic carbocycles. The van der Waals surface area contributed by atoms with Crippen molar-refractivity contribution in [3.05, 3.63) is 47.8 Å². The molecule has 0 atom stereocenters. The Bertz CT molecular complexity index is 466. The summed E-state index contributed by atoms with van der Waals surface area (Å²) in [5.74, 6) is 0.851. The maximum atomic E-state index is 8.94. The van der Waals surface area contributed by atoms with Gasteiger partial charge in [0.1, 0.15) is 5.75 Å². The van der Waals surface area contributed by atoms with Crippen LogP contribution in [0.5, 0.6) is 5.75 Å². The highest BCUT2D eigenvalue weighted by Gasteiger charge is 2.03. The summed E-state index contributed by atoms with van der Waals surface area (Å²) in [5.41, 5.74) is 1.88. The fourth-order valence-electron chi connectivity index (χ4n) is 1.58. The molecule has 1 heterocycles. The first-order valence-corrected chi connectivity index (χ1v) is 5.07. The van der Waals surface area contributed by atoms with Gasteiger partial charge in [-0.2, -0.15) is 5.10 Å². The average molecular weight is 218 g/mol. The lowest BCUT2D eigenvalue weighted by atomic mass is 10.2. The van der Waals surface area contributed by atoms with Gasteiger partial charge in [-0.25, -0.2) is 0 Å². The van der Waals surface area contributed by atoms with Gasteiger partial charge in [-0.15, -0.1) is 0 Å². The second kappa shape index (κ2) is 4.81. The molecule has 1 N–H and O–H groups in total. The van der Waals surface area contributed by atoms with Gasteiger partial charge in [-0.3, -0.25) is 4.68 Å². The van der Waals surface area contributed by atoms with Crippen molar-refractivity contribution in [3.63, 3.8) is 0 Å². The van der Waals surface area contributed by atoms with Crippen LogP contribution in [0.1, 0.15) is 11.1 Å². The smallest absolute Gasteiger partial charge is 0.123 e. The molecule has 4 nitrogen and oxygen atoms in total. The summed E-state index contributed by atoms with van der Waals surface area (Å²) in [5, 5.41) is 13.1. The van der Waals surface area contributed by atoms with Crippen LogP contribution >= 0.6 is 0 Å². The van der Waals surface area contributed by atoms with Gasteiger partial charge < -0.3 is 9.84 Å². The minimum Gasteiger partial charge on any atom is -0.496 e. The number of nitrogens with zero attached hydrogens (tertiary/aromatic N) is 2. The third kappa shape index (κ3) is 2.23. The standard InChI is InChI=1S/C12H14N2O2/c1-16-12-5-3-2-4-11(12)8-14-7-10(9-15)6-13-14/h2-7,15H,8-9H2,1H3. The molecular weight excluding hydrogens is 204 g/mol. The van der Waals surface area contributed by atoms with Crippen LogP contribution in [0.15, 0.2) is 36.7 Å². The van der Waals surface area contributed by atoms with E-state index in [1.54, 1.807) is 18.0 Å². The van der Waals surface area contributed by atoms with Gasteiger partial charge in [0.2, 0.25) is 0 Å². The minimum absolute atomic E-state index is 0.0198. The van der Waals surface area contributed by atoms with E-state index in [0.29, 0.717) is 6.54 Å². The lowest BCUT2D eigenvalue weighted by Gasteiger charge is -2.07. The molecule has 2 rings (SSSR count). The van der Waals surface area contributed by atoms with Gasteiger partial charge in [0.05, 0.1) is 26.5 Å². The van der Waals surface area contributed by atoms with E-state index in [2.05, 4.69) is 5.10 Å². The van der Waals surface area contributed by atoms with Gasteiger partial charge in [0.25, 0.3) is 0 Å². The molecule has 0 spiro atoms. The fourth-order valence-corrected chi connectivity index (χ4v) is 1.58. The molecule has 0 saturated heterocycles. The molecule has 0 bridgehead atoms. The minimum atomic E-state index is 0.0198. The van der Waals surface area contributed by atoms with Crippen molar-refractivity contribution in [1.29, 1.82) is 0 Å². The molecular formula is C12H14N2O2. The zero-order valence-corrected chi connectivity index (χ0v) is 9.13. The normalized spacial score (nSPS) is 10.4. The Morgan fingerprint density at radius 3 is 2.88 bits per heavy atom. The van der Waals surface area contributed by atoms with E-state index < -0.39 is 0 Å². The van der Waals surface area contributed by atoms with Crippen molar-refractivity contribution in [2.24, 2.45) is 0 Å². The van der Waals surface area contributed by atoms with Crippen molar-refractivity contribution in [3.8, 4) is 5.75 Å². The topological polar surface area (TPSA) is 47.3 Å². The quantitative estimate of drug-likeness (QED) is 0.844. The van der Waals surface area contributed by atoms with E-state index >= 15 is 0 Å². The molecule has 0 unspecified atom stereocenters. The largest absolute Gasteiger partial charge is 0.496 e. The molecule has 0 aliphatic heterocycles. The van der Waals surface area contributed by atoms with Gasteiger partial charge in [-0.1, -0.05) is 18.2 Å². The Morgan fingerprint density at radius 1 is 1.38 bits per heavy atom. The van der Waals surface area contributed by atoms with Crippen LogP contribution in [0.25, 0.3) is 0 Å². The lowest BCUT2D eigenvalue weighted by molar-refractivity contribution is 0.281. The van der Waals surface area contributed by atoms with Gasteiger partial charge >= 0.3 is 0 Å². The highest BCUT2D eigenvalue weighted by atomic mass is 16.5. The number of aromatic nitrogens is 2. The highest BCUT2D eigenvalue weighted by Crippen LogP contribution is 2.18. The molecule has 84 valence electrons. The molecule has 16 heavy (non-hydrogen) atoms. The van der Waals surface area contributed by atoms with Crippen molar-refractivity contribution in [2.45, 2.75) is 13.2 Å². The lowest BCUT2D eigenvalue weighted by Crippen LogP contribution is -2.01. The number of para-hydroxylation sites is 1. The number of ether oxygens (including phenoxy) is 1. The van der Waals surface area contributed by atoms with E-state index in [-0.39, 0.29) is 6.61 Å². The maximum Gasteiger partial charge on any atom is 0.123 e. The van der Waals surface area contributed by atoms with E-state index in [1.807, 2.05) is 30.5 Å². The van der Waals surface area contributed by atoms with Crippen LogP contribution in [0, 0.1) is 0 Å². The van der Waals surface area contributed by atoms with Crippen LogP contribution in [0.3, 0.4) is 0 Å². The molecule has 0 saturated carbocycles. The first-order valence-electron chi connectivity index (χ1n) is 5.07. The first kappa shape index (κ1) is 10.7. The monoisotopic (exact) mass is 218 g/mol. The van der Waals surface area contributed by atoms with Gasteiger partial charge in [0, 0.05) is 17.3 Å². The van der Waals surface area contributed by atoms with Gasteiger partial charge in [-0.05, 0) is 6.07 Å². The molecule has 0 amide bonds. The van der Waals surface area contributed by atoms with Crippen LogP contribution < -0.4 is 4.74 Å². The molecule has 0 fully saturated rings. The number of hydrogen-bond donors (Lipinski definition) is 1. The summed E-state index contributed by atoms with van der Waals surface area (Å²) < 4.78 is 7.04. The fraction of sp³-hybridized carbons (Fsp3) is 0.250. The predicted octanol–water partition coefficient (Wildman–Crippen LogP) is 1.43. The molecule has 0 aliphatic rings. The molecule has 4 heteroatoms. The molecule has 0 aliphatic carbocycles. The van der Waals surface area contributed by atoms with E-state index in [4.69, 9.17) is 9.84 Å². The number of aliphatic hydroxyl groups excluding tert-OH is 1. The summed E-state index contributed by atoms with van der Waals surface area (Å²) >= 11 is 0. The Labute approximate surface area is 94.1 Å². The molecule has 0 radical (unpaired) electrons.